The molecule has 0 atom stereocenters. The van der Waals surface area contributed by atoms with Crippen LogP contribution in [0.2, 0.25) is 0 Å². The Morgan fingerprint density at radius 3 is 1.53 bits per heavy atom. The summed E-state index contributed by atoms with van der Waals surface area (Å²) in [6, 6.07) is 69.5. The fourth-order valence-electron chi connectivity index (χ4n) is 8.31. The highest BCUT2D eigenvalue weighted by Crippen LogP contribution is 2.43. The molecule has 0 unspecified atom stereocenters. The molecule has 248 valence electrons. The van der Waals surface area contributed by atoms with Crippen LogP contribution in [0.1, 0.15) is 0 Å². The van der Waals surface area contributed by atoms with Gasteiger partial charge in [0.1, 0.15) is 5.58 Å². The van der Waals surface area contributed by atoms with Gasteiger partial charge in [-0.2, -0.15) is 0 Å². The van der Waals surface area contributed by atoms with Crippen molar-refractivity contribution >= 4 is 54.8 Å². The first-order valence-corrected chi connectivity index (χ1v) is 18.1. The van der Waals surface area contributed by atoms with E-state index in [0.717, 1.165) is 50.1 Å². The van der Waals surface area contributed by atoms with E-state index in [1.54, 1.807) is 0 Å². The molecule has 0 spiro atoms. The van der Waals surface area contributed by atoms with Crippen molar-refractivity contribution in [2.45, 2.75) is 0 Å². The highest BCUT2D eigenvalue weighted by molar-refractivity contribution is 6.21. The molecule has 11 rings (SSSR count). The van der Waals surface area contributed by atoms with Gasteiger partial charge >= 0.3 is 0 Å². The summed E-state index contributed by atoms with van der Waals surface area (Å²) in [6.45, 7) is 0. The van der Waals surface area contributed by atoms with Crippen LogP contribution in [-0.2, 0) is 0 Å². The maximum Gasteiger partial charge on any atom is 0.213 e. The van der Waals surface area contributed by atoms with Crippen molar-refractivity contribution in [2.24, 2.45) is 0 Å². The van der Waals surface area contributed by atoms with Crippen molar-refractivity contribution in [3.63, 3.8) is 0 Å². The maximum absolute atomic E-state index is 6.95. The first-order valence-electron chi connectivity index (χ1n) is 18.1. The van der Waals surface area contributed by atoms with Crippen LogP contribution < -0.4 is 0 Å². The van der Waals surface area contributed by atoms with Gasteiger partial charge in [-0.25, -0.2) is 0 Å². The molecule has 3 aromatic heterocycles. The number of hydrogen-bond donors (Lipinski definition) is 0. The number of furan rings is 1. The summed E-state index contributed by atoms with van der Waals surface area (Å²) in [5.74, 6) is 0. The van der Waals surface area contributed by atoms with Crippen LogP contribution >= 0.6 is 0 Å². The van der Waals surface area contributed by atoms with Gasteiger partial charge in [-0.05, 0) is 82.4 Å². The number of fused-ring (bicyclic) bond motifs is 8. The van der Waals surface area contributed by atoms with Crippen LogP contribution in [0.25, 0.3) is 99.5 Å². The Morgan fingerprint density at radius 1 is 0.321 bits per heavy atom. The third kappa shape index (κ3) is 4.61. The van der Waals surface area contributed by atoms with Crippen LogP contribution in [0.3, 0.4) is 0 Å². The van der Waals surface area contributed by atoms with Crippen LogP contribution in [0, 0.1) is 0 Å². The molecule has 0 aliphatic carbocycles. The molecule has 0 saturated heterocycles. The van der Waals surface area contributed by atoms with Gasteiger partial charge in [0, 0.05) is 38.5 Å². The molecule has 0 N–H and O–H groups in total. The first kappa shape index (κ1) is 29.6. The average Bonchev–Trinajstić information content (AvgIpc) is 3.88. The van der Waals surface area contributed by atoms with Gasteiger partial charge in [-0.1, -0.05) is 140 Å². The van der Waals surface area contributed by atoms with Crippen molar-refractivity contribution in [3.8, 4) is 44.8 Å². The highest BCUT2D eigenvalue weighted by atomic mass is 16.3. The molecule has 3 nitrogen and oxygen atoms in total. The van der Waals surface area contributed by atoms with E-state index in [-0.39, 0.29) is 0 Å². The van der Waals surface area contributed by atoms with E-state index < -0.39 is 0 Å². The SMILES string of the molecule is c1ccc(-c2ccc3c(c2)c2cc(-c4ccccc4)ccc2n3-c2cccc(-c3cccc4c3oc3c4c4ccccc4n3-c3ccccc3)c2)cc1. The molecule has 0 fully saturated rings. The molecule has 0 amide bonds. The largest absolute Gasteiger partial charge is 0.438 e. The monoisotopic (exact) mass is 676 g/mol. The van der Waals surface area contributed by atoms with Crippen molar-refractivity contribution in [1.29, 1.82) is 0 Å². The van der Waals surface area contributed by atoms with Gasteiger partial charge in [-0.3, -0.25) is 4.57 Å². The van der Waals surface area contributed by atoms with E-state index in [2.05, 4.69) is 203 Å². The number of benzene rings is 8. The molecule has 0 bridgehead atoms. The molecule has 0 saturated carbocycles. The zero-order chi connectivity index (χ0) is 34.9. The van der Waals surface area contributed by atoms with E-state index in [1.165, 1.54) is 49.4 Å². The Morgan fingerprint density at radius 2 is 0.849 bits per heavy atom. The molecule has 0 aliphatic rings. The number of rotatable bonds is 5. The summed E-state index contributed by atoms with van der Waals surface area (Å²) in [4.78, 5) is 0. The van der Waals surface area contributed by atoms with Crippen LogP contribution in [-0.4, -0.2) is 9.13 Å². The summed E-state index contributed by atoms with van der Waals surface area (Å²) < 4.78 is 11.6. The Kier molecular flexibility index (Phi) is 6.55. The Balaban J connectivity index is 1.13. The zero-order valence-electron chi connectivity index (χ0n) is 28.8. The fraction of sp³-hybridized carbons (Fsp3) is 0. The second-order valence-corrected chi connectivity index (χ2v) is 13.7. The lowest BCUT2D eigenvalue weighted by molar-refractivity contribution is 0.646. The Hall–Kier alpha value is -7.10. The second kappa shape index (κ2) is 11.7. The van der Waals surface area contributed by atoms with Gasteiger partial charge in [0.25, 0.3) is 0 Å². The Bertz CT molecular complexity index is 3050. The van der Waals surface area contributed by atoms with Crippen molar-refractivity contribution in [3.05, 3.63) is 194 Å². The minimum Gasteiger partial charge on any atom is -0.438 e. The summed E-state index contributed by atoms with van der Waals surface area (Å²) >= 11 is 0. The Labute approximate surface area is 306 Å². The van der Waals surface area contributed by atoms with Crippen LogP contribution in [0.15, 0.2) is 199 Å². The summed E-state index contributed by atoms with van der Waals surface area (Å²) in [5.41, 5.74) is 14.5. The van der Waals surface area contributed by atoms with Crippen molar-refractivity contribution < 1.29 is 4.42 Å². The van der Waals surface area contributed by atoms with E-state index in [0.29, 0.717) is 0 Å². The predicted octanol–water partition coefficient (Wildman–Crippen LogP) is 13.6. The van der Waals surface area contributed by atoms with Gasteiger partial charge in [0.05, 0.1) is 21.9 Å². The van der Waals surface area contributed by atoms with E-state index in [1.807, 2.05) is 0 Å². The third-order valence-electron chi connectivity index (χ3n) is 10.7. The molecule has 8 aromatic carbocycles. The highest BCUT2D eigenvalue weighted by Gasteiger charge is 2.22. The molecule has 0 aliphatic heterocycles. The summed E-state index contributed by atoms with van der Waals surface area (Å²) in [6.07, 6.45) is 0. The van der Waals surface area contributed by atoms with E-state index >= 15 is 0 Å². The number of hydrogen-bond acceptors (Lipinski definition) is 1. The van der Waals surface area contributed by atoms with Gasteiger partial charge in [-0.15, -0.1) is 0 Å². The molecule has 11 aromatic rings. The first-order chi connectivity index (χ1) is 26.3. The lowest BCUT2D eigenvalue weighted by Gasteiger charge is -2.11. The summed E-state index contributed by atoms with van der Waals surface area (Å²) in [7, 11) is 0. The molecule has 3 heteroatoms. The minimum atomic E-state index is 0.863. The van der Waals surface area contributed by atoms with Gasteiger partial charge in [0.15, 0.2) is 0 Å². The zero-order valence-corrected chi connectivity index (χ0v) is 28.8. The lowest BCUT2D eigenvalue weighted by atomic mass is 10.0. The standard InChI is InChI=1S/C50H32N2O/c1-4-14-33(15-5-1)35-26-28-46-43(31-35)44-32-36(34-16-6-2-7-17-34)27-29-47(44)51(46)39-21-12-18-37(30-39)40-23-13-24-42-48-41-22-10-11-25-45(41)52(50(48)53-49(40)42)38-19-8-3-9-20-38/h1-32H. The fourth-order valence-corrected chi connectivity index (χ4v) is 8.31. The van der Waals surface area contributed by atoms with Gasteiger partial charge < -0.3 is 8.98 Å². The number of para-hydroxylation sites is 3. The van der Waals surface area contributed by atoms with E-state index in [9.17, 15) is 0 Å². The number of aromatic nitrogens is 2. The maximum atomic E-state index is 6.95. The molecular formula is C50H32N2O. The average molecular weight is 677 g/mol. The topological polar surface area (TPSA) is 23.0 Å². The molecule has 53 heavy (non-hydrogen) atoms. The van der Waals surface area contributed by atoms with E-state index in [4.69, 9.17) is 4.42 Å². The summed E-state index contributed by atoms with van der Waals surface area (Å²) in [5, 5.41) is 5.91. The number of nitrogens with zero attached hydrogens (tertiary/aromatic N) is 2. The predicted molar refractivity (Wildman–Crippen MR) is 221 cm³/mol. The third-order valence-corrected chi connectivity index (χ3v) is 10.7. The molecule has 3 heterocycles. The second-order valence-electron chi connectivity index (χ2n) is 13.7. The minimum absolute atomic E-state index is 0.863. The normalized spacial score (nSPS) is 11.8. The smallest absolute Gasteiger partial charge is 0.213 e. The van der Waals surface area contributed by atoms with Crippen molar-refractivity contribution in [1.82, 2.24) is 9.13 Å². The van der Waals surface area contributed by atoms with Crippen molar-refractivity contribution in [2.75, 3.05) is 0 Å². The quantitative estimate of drug-likeness (QED) is 0.178. The van der Waals surface area contributed by atoms with Crippen LogP contribution in [0.4, 0.5) is 0 Å². The lowest BCUT2D eigenvalue weighted by Crippen LogP contribution is -1.94. The van der Waals surface area contributed by atoms with Gasteiger partial charge in [0.2, 0.25) is 5.71 Å². The van der Waals surface area contributed by atoms with Crippen LogP contribution in [0.5, 0.6) is 0 Å². The molecule has 0 radical (unpaired) electrons. The molecular weight excluding hydrogens is 645 g/mol.